The number of carbonyl (C=O) groups is 1. The second-order valence-electron chi connectivity index (χ2n) is 4.43. The van der Waals surface area contributed by atoms with E-state index < -0.39 is 0 Å². The predicted molar refractivity (Wildman–Crippen MR) is 73.8 cm³/mol. The van der Waals surface area contributed by atoms with Gasteiger partial charge in [-0.25, -0.2) is 4.98 Å². The number of nitrogen functional groups attached to an aromatic ring is 1. The number of amides is 1. The highest BCUT2D eigenvalue weighted by Crippen LogP contribution is 2.18. The van der Waals surface area contributed by atoms with Gasteiger partial charge in [-0.1, -0.05) is 6.07 Å². The maximum absolute atomic E-state index is 11.8. The predicted octanol–water partition coefficient (Wildman–Crippen LogP) is 1.98. The molecular weight excluding hydrogens is 246 g/mol. The van der Waals surface area contributed by atoms with Crippen molar-refractivity contribution in [3.05, 3.63) is 34.8 Å². The van der Waals surface area contributed by atoms with E-state index in [1.165, 1.54) is 11.3 Å². The van der Waals surface area contributed by atoms with Gasteiger partial charge in [0, 0.05) is 17.1 Å². The molecular formula is C13H17N3OS. The van der Waals surface area contributed by atoms with Crippen molar-refractivity contribution in [2.75, 3.05) is 5.73 Å². The Hall–Kier alpha value is -1.62. The smallest absolute Gasteiger partial charge is 0.224 e. The molecule has 0 saturated heterocycles. The van der Waals surface area contributed by atoms with E-state index in [1.54, 1.807) is 6.20 Å². The normalized spacial score (nSPS) is 13.8. The number of nitrogens with two attached hydrogens (primary N) is 1. The Morgan fingerprint density at radius 2 is 2.39 bits per heavy atom. The molecule has 0 aromatic carbocycles. The van der Waals surface area contributed by atoms with Crippen molar-refractivity contribution in [2.24, 2.45) is 0 Å². The first kappa shape index (κ1) is 12.8. The molecule has 1 aliphatic carbocycles. The fourth-order valence-corrected chi connectivity index (χ4v) is 2.27. The lowest BCUT2D eigenvalue weighted by Crippen LogP contribution is -2.26. The molecule has 0 radical (unpaired) electrons. The van der Waals surface area contributed by atoms with Gasteiger partial charge in [-0.05, 0) is 37.5 Å². The molecule has 0 unspecified atom stereocenters. The van der Waals surface area contributed by atoms with Crippen LogP contribution in [0, 0.1) is 6.92 Å². The van der Waals surface area contributed by atoms with Gasteiger partial charge in [0.1, 0.15) is 0 Å². The molecule has 0 bridgehead atoms. The lowest BCUT2D eigenvalue weighted by molar-refractivity contribution is -0.120. The van der Waals surface area contributed by atoms with Crippen LogP contribution in [-0.4, -0.2) is 16.9 Å². The van der Waals surface area contributed by atoms with Crippen LogP contribution in [0.5, 0.6) is 0 Å². The summed E-state index contributed by atoms with van der Waals surface area (Å²) in [5.41, 5.74) is 6.67. The quantitative estimate of drug-likeness (QED) is 0.876. The Kier molecular flexibility index (Phi) is 4.15. The molecule has 1 aromatic rings. The van der Waals surface area contributed by atoms with Gasteiger partial charge in [0.2, 0.25) is 5.91 Å². The molecule has 0 spiro atoms. The minimum Gasteiger partial charge on any atom is -0.375 e. The van der Waals surface area contributed by atoms with Crippen molar-refractivity contribution < 1.29 is 4.79 Å². The highest BCUT2D eigenvalue weighted by atomic mass is 32.1. The summed E-state index contributed by atoms with van der Waals surface area (Å²) >= 11 is 1.41. The van der Waals surface area contributed by atoms with Crippen LogP contribution in [0.3, 0.4) is 0 Å². The zero-order chi connectivity index (χ0) is 13.0. The number of nitrogens with one attached hydrogen (secondary N) is 1. The topological polar surface area (TPSA) is 68.0 Å². The lowest BCUT2D eigenvalue weighted by Gasteiger charge is -2.02. The number of anilines is 1. The van der Waals surface area contributed by atoms with Gasteiger partial charge in [-0.3, -0.25) is 4.79 Å². The van der Waals surface area contributed by atoms with Crippen LogP contribution >= 0.6 is 11.3 Å². The first-order valence-electron chi connectivity index (χ1n) is 5.98. The third kappa shape index (κ3) is 4.33. The van der Waals surface area contributed by atoms with Crippen LogP contribution in [0.4, 0.5) is 5.13 Å². The van der Waals surface area contributed by atoms with Crippen LogP contribution in [-0.2, 0) is 11.2 Å². The van der Waals surface area contributed by atoms with Crippen molar-refractivity contribution in [1.82, 2.24) is 10.3 Å². The maximum Gasteiger partial charge on any atom is 0.224 e. The van der Waals surface area contributed by atoms with Crippen molar-refractivity contribution in [1.29, 1.82) is 0 Å². The molecule has 1 heterocycles. The summed E-state index contributed by atoms with van der Waals surface area (Å²) in [5, 5.41) is 3.49. The first-order valence-corrected chi connectivity index (χ1v) is 6.79. The fourth-order valence-electron chi connectivity index (χ4n) is 1.61. The Morgan fingerprint density at radius 1 is 1.61 bits per heavy atom. The average molecular weight is 263 g/mol. The standard InChI is InChI=1S/C13H17N3OS/c1-9-7-10(3-2-6-15-13(14)18-9)8-12(17)16-11-4-5-11/h2-3,6-7,11H,4-5,8H2,1H3,(H2,14,15)(H,16,17). The van der Waals surface area contributed by atoms with Gasteiger partial charge in [0.15, 0.2) is 5.13 Å². The monoisotopic (exact) mass is 263 g/mol. The van der Waals surface area contributed by atoms with Gasteiger partial charge < -0.3 is 11.1 Å². The Bertz CT molecular complexity index is 493. The highest BCUT2D eigenvalue weighted by Gasteiger charge is 2.22. The van der Waals surface area contributed by atoms with Gasteiger partial charge in [-0.15, -0.1) is 11.3 Å². The van der Waals surface area contributed by atoms with Gasteiger partial charge in [-0.2, -0.15) is 0 Å². The molecule has 1 aromatic heterocycles. The summed E-state index contributed by atoms with van der Waals surface area (Å²) in [4.78, 5) is 16.8. The van der Waals surface area contributed by atoms with E-state index in [0.29, 0.717) is 17.6 Å². The third-order valence-corrected chi connectivity index (χ3v) is 3.31. The van der Waals surface area contributed by atoms with Gasteiger partial charge in [0.05, 0.1) is 6.42 Å². The van der Waals surface area contributed by atoms with E-state index in [-0.39, 0.29) is 5.91 Å². The number of aryl methyl sites for hydroxylation is 1. The van der Waals surface area contributed by atoms with Crippen molar-refractivity contribution in [3.8, 4) is 0 Å². The van der Waals surface area contributed by atoms with Crippen LogP contribution in [0.25, 0.3) is 0 Å². The van der Waals surface area contributed by atoms with Crippen LogP contribution in [0.2, 0.25) is 0 Å². The van der Waals surface area contributed by atoms with Gasteiger partial charge in [0.25, 0.3) is 0 Å². The number of rotatable bonds is 3. The maximum atomic E-state index is 11.8. The van der Waals surface area contributed by atoms with E-state index in [1.807, 2.05) is 25.1 Å². The SMILES string of the molecule is Cc1cc(CC(=O)NC2CC2)cccnc(N)s1. The van der Waals surface area contributed by atoms with E-state index in [4.69, 9.17) is 5.73 Å². The molecule has 3 N–H and O–H groups in total. The summed E-state index contributed by atoms with van der Waals surface area (Å²) in [6, 6.07) is 6.10. The molecule has 4 nitrogen and oxygen atoms in total. The van der Waals surface area contributed by atoms with Crippen LogP contribution in [0.1, 0.15) is 23.3 Å². The number of carbonyl (C=O) groups excluding carboxylic acids is 1. The summed E-state index contributed by atoms with van der Waals surface area (Å²) < 4.78 is 0. The number of hydrogen-bond donors (Lipinski definition) is 2. The van der Waals surface area contributed by atoms with Gasteiger partial charge >= 0.3 is 0 Å². The summed E-state index contributed by atoms with van der Waals surface area (Å²) in [7, 11) is 0. The minimum absolute atomic E-state index is 0.0827. The van der Waals surface area contributed by atoms with Crippen LogP contribution < -0.4 is 11.1 Å². The third-order valence-electron chi connectivity index (χ3n) is 2.56. The molecule has 2 rings (SSSR count). The zero-order valence-corrected chi connectivity index (χ0v) is 11.2. The second-order valence-corrected chi connectivity index (χ2v) is 5.69. The second kappa shape index (κ2) is 5.82. The lowest BCUT2D eigenvalue weighted by atomic mass is 10.2. The average Bonchev–Trinajstić information content (AvgIpc) is 3.05. The molecule has 1 aliphatic rings. The Morgan fingerprint density at radius 3 is 3.11 bits per heavy atom. The molecule has 1 saturated carbocycles. The molecule has 0 atom stereocenters. The van der Waals surface area contributed by atoms with Crippen molar-refractivity contribution in [3.63, 3.8) is 0 Å². The van der Waals surface area contributed by atoms with Crippen molar-refractivity contribution >= 4 is 22.4 Å². The number of hydrogen-bond acceptors (Lipinski definition) is 4. The molecule has 18 heavy (non-hydrogen) atoms. The van der Waals surface area contributed by atoms with E-state index in [2.05, 4.69) is 10.3 Å². The van der Waals surface area contributed by atoms with E-state index >= 15 is 0 Å². The fraction of sp³-hybridized carbons (Fsp3) is 0.385. The molecule has 0 aliphatic heterocycles. The number of aromatic nitrogens is 1. The minimum atomic E-state index is 0.0827. The molecule has 96 valence electrons. The Labute approximate surface area is 111 Å². The molecule has 1 amide bonds. The van der Waals surface area contributed by atoms with Crippen LogP contribution in [0.15, 0.2) is 24.4 Å². The summed E-state index contributed by atoms with van der Waals surface area (Å²) in [6.45, 7) is 1.96. The largest absolute Gasteiger partial charge is 0.375 e. The van der Waals surface area contributed by atoms with E-state index in [0.717, 1.165) is 23.3 Å². The zero-order valence-electron chi connectivity index (χ0n) is 10.3. The van der Waals surface area contributed by atoms with E-state index in [9.17, 15) is 4.79 Å². The molecule has 1 fully saturated rings. The van der Waals surface area contributed by atoms with Crippen molar-refractivity contribution in [2.45, 2.75) is 32.2 Å². The number of nitrogens with zero attached hydrogens (tertiary/aromatic N) is 1. The summed E-state index contributed by atoms with van der Waals surface area (Å²) in [6.07, 6.45) is 4.27. The highest BCUT2D eigenvalue weighted by molar-refractivity contribution is 7.14. The molecule has 5 heteroatoms. The summed E-state index contributed by atoms with van der Waals surface area (Å²) in [5.74, 6) is 0.0827. The Balaban J connectivity index is 2.16. The first-order chi connectivity index (χ1) is 8.63.